The second-order valence-corrected chi connectivity index (χ2v) is 9.06. The van der Waals surface area contributed by atoms with Crippen LogP contribution in [-0.2, 0) is 16.4 Å². The number of benzene rings is 2. The molecule has 0 aliphatic carbocycles. The Hall–Kier alpha value is -2.59. The molecule has 0 unspecified atom stereocenters. The maximum Gasteiger partial charge on any atom is 0.282 e. The van der Waals surface area contributed by atoms with E-state index in [0.717, 1.165) is 5.56 Å². The number of para-hydroxylation sites is 1. The molecule has 0 bridgehead atoms. The lowest BCUT2D eigenvalue weighted by Gasteiger charge is -2.19. The highest BCUT2D eigenvalue weighted by molar-refractivity contribution is 7.98. The third-order valence-corrected chi connectivity index (χ3v) is 6.97. The smallest absolute Gasteiger partial charge is 0.282 e. The van der Waals surface area contributed by atoms with Gasteiger partial charge in [-0.1, -0.05) is 18.2 Å². The van der Waals surface area contributed by atoms with E-state index in [1.807, 2.05) is 12.1 Å². The van der Waals surface area contributed by atoms with Crippen molar-refractivity contribution < 1.29 is 18.1 Å². The summed E-state index contributed by atoms with van der Waals surface area (Å²) in [6.45, 7) is 0.233. The molecule has 0 fully saturated rings. The number of nitrogens with zero attached hydrogens (tertiary/aromatic N) is 2. The van der Waals surface area contributed by atoms with Crippen LogP contribution in [0.5, 0.6) is 0 Å². The van der Waals surface area contributed by atoms with Gasteiger partial charge in [0, 0.05) is 24.1 Å². The third-order valence-electron chi connectivity index (χ3n) is 4.47. The predicted molar refractivity (Wildman–Crippen MR) is 108 cm³/mol. The Morgan fingerprint density at radius 3 is 2.75 bits per heavy atom. The molecule has 0 aromatic heterocycles. The second-order valence-electron chi connectivity index (χ2n) is 6.16. The Labute approximate surface area is 167 Å². The minimum absolute atomic E-state index is 0.0826. The van der Waals surface area contributed by atoms with E-state index in [2.05, 4.69) is 5.32 Å². The van der Waals surface area contributed by atoms with E-state index >= 15 is 0 Å². The molecule has 1 amide bonds. The zero-order valence-electron chi connectivity index (χ0n) is 15.1. The molecule has 0 saturated heterocycles. The Balaban J connectivity index is 1.68. The maximum absolute atomic E-state index is 12.7. The molecule has 0 spiro atoms. The first-order chi connectivity index (χ1) is 13.3. The normalized spacial score (nSPS) is 13.2. The lowest BCUT2D eigenvalue weighted by Crippen LogP contribution is -2.37. The summed E-state index contributed by atoms with van der Waals surface area (Å²) in [6.07, 6.45) is 2.44. The molecule has 1 aliphatic rings. The number of thioether (sulfide) groups is 1. The largest absolute Gasteiger partial charge is 0.351 e. The van der Waals surface area contributed by atoms with Gasteiger partial charge in [0.05, 0.1) is 16.4 Å². The first-order valence-corrected chi connectivity index (χ1v) is 11.4. The number of amides is 1. The van der Waals surface area contributed by atoms with Crippen LogP contribution in [0, 0.1) is 10.1 Å². The van der Waals surface area contributed by atoms with E-state index in [-0.39, 0.29) is 23.5 Å². The highest BCUT2D eigenvalue weighted by Crippen LogP contribution is 2.30. The van der Waals surface area contributed by atoms with Gasteiger partial charge in [0.1, 0.15) is 5.56 Å². The highest BCUT2D eigenvalue weighted by atomic mass is 32.2. The van der Waals surface area contributed by atoms with E-state index in [9.17, 15) is 23.3 Å². The summed E-state index contributed by atoms with van der Waals surface area (Å²) in [7, 11) is -3.61. The van der Waals surface area contributed by atoms with Crippen LogP contribution in [0.25, 0.3) is 0 Å². The number of carbonyl (C=O) groups excluding carboxylic acids is 1. The number of hydrogen-bond donors (Lipinski definition) is 1. The summed E-state index contributed by atoms with van der Waals surface area (Å²) in [5.41, 5.74) is 1.24. The molecule has 2 aromatic carbocycles. The van der Waals surface area contributed by atoms with Crippen LogP contribution in [0.4, 0.5) is 11.4 Å². The molecular formula is C18H19N3O5S2. The van der Waals surface area contributed by atoms with Gasteiger partial charge < -0.3 is 5.32 Å². The standard InChI is InChI=1S/C18H19N3O5S2/c1-27-14-6-7-17(21(23)24)15(12-14)18(22)19-9-11-28(25,26)20-10-8-13-4-2-3-5-16(13)20/h2-7,12H,8-11H2,1H3,(H,19,22). The zero-order chi connectivity index (χ0) is 20.3. The van der Waals surface area contributed by atoms with Crippen molar-refractivity contribution in [3.8, 4) is 0 Å². The minimum atomic E-state index is -3.61. The van der Waals surface area contributed by atoms with Gasteiger partial charge in [-0.25, -0.2) is 8.42 Å². The molecule has 1 heterocycles. The van der Waals surface area contributed by atoms with Crippen LogP contribution in [0.2, 0.25) is 0 Å². The molecule has 0 saturated carbocycles. The van der Waals surface area contributed by atoms with E-state index in [1.165, 1.54) is 28.2 Å². The van der Waals surface area contributed by atoms with Gasteiger partial charge in [-0.15, -0.1) is 11.8 Å². The van der Waals surface area contributed by atoms with Gasteiger partial charge in [0.15, 0.2) is 0 Å². The quantitative estimate of drug-likeness (QED) is 0.418. The van der Waals surface area contributed by atoms with E-state index in [1.54, 1.807) is 24.5 Å². The SMILES string of the molecule is CSc1ccc([N+](=O)[O-])c(C(=O)NCCS(=O)(=O)N2CCc3ccccc32)c1. The van der Waals surface area contributed by atoms with Gasteiger partial charge in [0.25, 0.3) is 11.6 Å². The number of hydrogen-bond acceptors (Lipinski definition) is 6. The molecule has 8 nitrogen and oxygen atoms in total. The van der Waals surface area contributed by atoms with Crippen LogP contribution >= 0.6 is 11.8 Å². The lowest BCUT2D eigenvalue weighted by atomic mass is 10.1. The van der Waals surface area contributed by atoms with E-state index < -0.39 is 20.9 Å². The summed E-state index contributed by atoms with van der Waals surface area (Å²) in [5, 5.41) is 13.7. The Morgan fingerprint density at radius 1 is 1.29 bits per heavy atom. The number of nitrogens with one attached hydrogen (secondary N) is 1. The van der Waals surface area contributed by atoms with Crippen molar-refractivity contribution in [3.05, 3.63) is 63.7 Å². The number of nitro benzene ring substituents is 1. The average Bonchev–Trinajstić information content (AvgIpc) is 3.12. The van der Waals surface area contributed by atoms with Crippen LogP contribution < -0.4 is 9.62 Å². The van der Waals surface area contributed by atoms with Crippen molar-refractivity contribution in [1.29, 1.82) is 0 Å². The monoisotopic (exact) mass is 421 g/mol. The molecule has 2 aromatic rings. The summed E-state index contributed by atoms with van der Waals surface area (Å²) >= 11 is 1.35. The molecule has 0 atom stereocenters. The molecule has 0 radical (unpaired) electrons. The van der Waals surface area contributed by atoms with Crippen LogP contribution in [0.3, 0.4) is 0 Å². The van der Waals surface area contributed by atoms with E-state index in [0.29, 0.717) is 23.5 Å². The summed E-state index contributed by atoms with van der Waals surface area (Å²) in [6, 6.07) is 11.6. The average molecular weight is 422 g/mol. The van der Waals surface area contributed by atoms with Crippen molar-refractivity contribution >= 4 is 39.1 Å². The fraction of sp³-hybridized carbons (Fsp3) is 0.278. The fourth-order valence-electron chi connectivity index (χ4n) is 3.08. The van der Waals surface area contributed by atoms with Crippen LogP contribution in [0.1, 0.15) is 15.9 Å². The topological polar surface area (TPSA) is 110 Å². The first-order valence-electron chi connectivity index (χ1n) is 8.52. The van der Waals surface area contributed by atoms with E-state index in [4.69, 9.17) is 0 Å². The summed E-state index contributed by atoms with van der Waals surface area (Å²) in [5.74, 6) is -0.956. The summed E-state index contributed by atoms with van der Waals surface area (Å²) in [4.78, 5) is 23.7. The van der Waals surface area contributed by atoms with Gasteiger partial charge >= 0.3 is 0 Å². The number of fused-ring (bicyclic) bond motifs is 1. The first kappa shape index (κ1) is 20.2. The molecule has 1 aliphatic heterocycles. The number of rotatable bonds is 7. The van der Waals surface area contributed by atoms with Gasteiger partial charge in [-0.05, 0) is 36.4 Å². The molecule has 10 heteroatoms. The Bertz CT molecular complexity index is 1020. The van der Waals surface area contributed by atoms with Gasteiger partial charge in [-0.3, -0.25) is 19.2 Å². The second kappa shape index (κ2) is 8.19. The van der Waals surface area contributed by atoms with Gasteiger partial charge in [-0.2, -0.15) is 0 Å². The lowest BCUT2D eigenvalue weighted by molar-refractivity contribution is -0.385. The molecule has 148 valence electrons. The van der Waals surface area contributed by atoms with Crippen molar-refractivity contribution in [2.75, 3.05) is 29.4 Å². The highest BCUT2D eigenvalue weighted by Gasteiger charge is 2.29. The predicted octanol–water partition coefficient (Wildman–Crippen LogP) is 2.44. The van der Waals surface area contributed by atoms with Crippen LogP contribution in [-0.4, -0.2) is 44.3 Å². The van der Waals surface area contributed by atoms with Crippen LogP contribution in [0.15, 0.2) is 47.4 Å². The maximum atomic E-state index is 12.7. The number of carbonyl (C=O) groups is 1. The van der Waals surface area contributed by atoms with Gasteiger partial charge in [0.2, 0.25) is 10.0 Å². The number of anilines is 1. The van der Waals surface area contributed by atoms with Crippen molar-refractivity contribution in [3.63, 3.8) is 0 Å². The molecule has 28 heavy (non-hydrogen) atoms. The molecular weight excluding hydrogens is 402 g/mol. The van der Waals surface area contributed by atoms with Crippen molar-refractivity contribution in [1.82, 2.24) is 5.32 Å². The summed E-state index contributed by atoms with van der Waals surface area (Å²) < 4.78 is 26.7. The zero-order valence-corrected chi connectivity index (χ0v) is 16.8. The molecule has 3 rings (SSSR count). The Kier molecular flexibility index (Phi) is 5.90. The third kappa shape index (κ3) is 4.12. The Morgan fingerprint density at radius 2 is 2.04 bits per heavy atom. The fourth-order valence-corrected chi connectivity index (χ4v) is 4.95. The number of nitro groups is 1. The van der Waals surface area contributed by atoms with Crippen molar-refractivity contribution in [2.45, 2.75) is 11.3 Å². The molecule has 1 N–H and O–H groups in total. The number of sulfonamides is 1. The minimum Gasteiger partial charge on any atom is -0.351 e. The van der Waals surface area contributed by atoms with Crippen molar-refractivity contribution in [2.24, 2.45) is 0 Å².